The highest BCUT2D eigenvalue weighted by Crippen LogP contribution is 2.35. The van der Waals surface area contributed by atoms with Crippen LogP contribution in [0.15, 0.2) is 72.3 Å². The SMILES string of the molecule is O=C1NN(c2ccccc2)C(=O)C1=Cc1cc(Cl)cc(Cl)c1OCCCOc1ccc(Cl)cc1. The maximum atomic E-state index is 12.9. The summed E-state index contributed by atoms with van der Waals surface area (Å²) in [6.45, 7) is 0.706. The zero-order valence-corrected chi connectivity index (χ0v) is 20.0. The number of halogens is 3. The van der Waals surface area contributed by atoms with Crippen LogP contribution in [0.5, 0.6) is 11.5 Å². The Morgan fingerprint density at radius 2 is 1.56 bits per heavy atom. The van der Waals surface area contributed by atoms with Crippen LogP contribution in [0.2, 0.25) is 15.1 Å². The highest BCUT2D eigenvalue weighted by molar-refractivity contribution is 6.36. The fourth-order valence-corrected chi connectivity index (χ4v) is 3.96. The molecule has 1 aliphatic rings. The number of anilines is 1. The van der Waals surface area contributed by atoms with Gasteiger partial charge in [-0.2, -0.15) is 0 Å². The third-order valence-corrected chi connectivity index (χ3v) is 5.61. The third kappa shape index (κ3) is 5.65. The van der Waals surface area contributed by atoms with Crippen LogP contribution in [-0.2, 0) is 9.59 Å². The molecule has 0 saturated carbocycles. The molecular weight excluding hydrogens is 499 g/mol. The van der Waals surface area contributed by atoms with Crippen molar-refractivity contribution in [3.05, 3.63) is 92.9 Å². The summed E-state index contributed by atoms with van der Waals surface area (Å²) in [4.78, 5) is 25.4. The molecule has 0 aromatic heterocycles. The van der Waals surface area contributed by atoms with Gasteiger partial charge in [-0.25, -0.2) is 5.01 Å². The van der Waals surface area contributed by atoms with Crippen molar-refractivity contribution in [3.8, 4) is 11.5 Å². The summed E-state index contributed by atoms with van der Waals surface area (Å²) in [6.07, 6.45) is 2.00. The summed E-state index contributed by atoms with van der Waals surface area (Å²) in [5, 5.41) is 2.44. The van der Waals surface area contributed by atoms with Crippen LogP contribution in [0.3, 0.4) is 0 Å². The second-order valence-electron chi connectivity index (χ2n) is 7.29. The van der Waals surface area contributed by atoms with Crippen molar-refractivity contribution in [3.63, 3.8) is 0 Å². The molecule has 0 atom stereocenters. The molecule has 174 valence electrons. The lowest BCUT2D eigenvalue weighted by Gasteiger charge is -2.14. The molecule has 0 unspecified atom stereocenters. The number of carbonyl (C=O) groups is 2. The van der Waals surface area contributed by atoms with E-state index < -0.39 is 11.8 Å². The molecule has 9 heteroatoms. The van der Waals surface area contributed by atoms with Crippen molar-refractivity contribution in [2.24, 2.45) is 0 Å². The number of hydrazine groups is 1. The Balaban J connectivity index is 1.47. The van der Waals surface area contributed by atoms with E-state index in [0.29, 0.717) is 52.4 Å². The molecule has 34 heavy (non-hydrogen) atoms. The average Bonchev–Trinajstić information content (AvgIpc) is 3.10. The fourth-order valence-electron chi connectivity index (χ4n) is 3.27. The van der Waals surface area contributed by atoms with Gasteiger partial charge >= 0.3 is 0 Å². The number of amides is 2. The minimum atomic E-state index is -0.535. The molecule has 3 aromatic rings. The topological polar surface area (TPSA) is 67.9 Å². The summed E-state index contributed by atoms with van der Waals surface area (Å²) in [6, 6.07) is 19.0. The van der Waals surface area contributed by atoms with E-state index >= 15 is 0 Å². The molecule has 1 fully saturated rings. The van der Waals surface area contributed by atoms with Crippen molar-refractivity contribution >= 4 is 58.4 Å². The maximum Gasteiger partial charge on any atom is 0.282 e. The van der Waals surface area contributed by atoms with Crippen LogP contribution in [0.25, 0.3) is 6.08 Å². The molecule has 1 N–H and O–H groups in total. The molecule has 0 spiro atoms. The van der Waals surface area contributed by atoms with Gasteiger partial charge in [0.15, 0.2) is 0 Å². The largest absolute Gasteiger partial charge is 0.493 e. The summed E-state index contributed by atoms with van der Waals surface area (Å²) < 4.78 is 11.5. The van der Waals surface area contributed by atoms with Gasteiger partial charge in [-0.05, 0) is 54.6 Å². The van der Waals surface area contributed by atoms with Gasteiger partial charge in [-0.3, -0.25) is 15.0 Å². The second-order valence-corrected chi connectivity index (χ2v) is 8.57. The van der Waals surface area contributed by atoms with Gasteiger partial charge in [0.05, 0.1) is 23.9 Å². The minimum absolute atomic E-state index is 0.0573. The van der Waals surface area contributed by atoms with Gasteiger partial charge in [0.1, 0.15) is 17.1 Å². The number of nitrogens with zero attached hydrogens (tertiary/aromatic N) is 1. The molecule has 1 saturated heterocycles. The maximum absolute atomic E-state index is 12.9. The smallest absolute Gasteiger partial charge is 0.282 e. The lowest BCUT2D eigenvalue weighted by molar-refractivity contribution is -0.117. The highest BCUT2D eigenvalue weighted by Gasteiger charge is 2.34. The van der Waals surface area contributed by atoms with E-state index in [0.717, 1.165) is 0 Å². The number of hydrogen-bond donors (Lipinski definition) is 1. The van der Waals surface area contributed by atoms with Crippen LogP contribution in [0, 0.1) is 0 Å². The second kappa shape index (κ2) is 10.8. The average molecular weight is 518 g/mol. The number of nitrogens with one attached hydrogen (secondary N) is 1. The number of rotatable bonds is 8. The van der Waals surface area contributed by atoms with E-state index in [2.05, 4.69) is 5.43 Å². The Kier molecular flexibility index (Phi) is 7.63. The van der Waals surface area contributed by atoms with Gasteiger partial charge in [-0.1, -0.05) is 53.0 Å². The Hall–Kier alpha value is -3.19. The summed E-state index contributed by atoms with van der Waals surface area (Å²) in [5.41, 5.74) is 3.47. The molecule has 0 aliphatic carbocycles. The van der Waals surface area contributed by atoms with Gasteiger partial charge in [0.2, 0.25) is 0 Å². The van der Waals surface area contributed by atoms with Crippen LogP contribution >= 0.6 is 34.8 Å². The third-order valence-electron chi connectivity index (χ3n) is 4.86. The van der Waals surface area contributed by atoms with Crippen molar-refractivity contribution in [1.82, 2.24) is 5.43 Å². The van der Waals surface area contributed by atoms with Crippen LogP contribution in [-0.4, -0.2) is 25.0 Å². The predicted molar refractivity (Wildman–Crippen MR) is 134 cm³/mol. The lowest BCUT2D eigenvalue weighted by atomic mass is 10.1. The van der Waals surface area contributed by atoms with Crippen molar-refractivity contribution in [1.29, 1.82) is 0 Å². The number of benzene rings is 3. The first-order chi connectivity index (χ1) is 16.4. The molecule has 4 rings (SSSR count). The lowest BCUT2D eigenvalue weighted by Crippen LogP contribution is -2.35. The summed E-state index contributed by atoms with van der Waals surface area (Å²) in [7, 11) is 0. The first kappa shape index (κ1) is 24.0. The van der Waals surface area contributed by atoms with Gasteiger partial charge in [-0.15, -0.1) is 0 Å². The highest BCUT2D eigenvalue weighted by atomic mass is 35.5. The molecule has 2 amide bonds. The zero-order valence-electron chi connectivity index (χ0n) is 17.8. The first-order valence-corrected chi connectivity index (χ1v) is 11.5. The summed E-state index contributed by atoms with van der Waals surface area (Å²) >= 11 is 18.4. The number of para-hydroxylation sites is 1. The van der Waals surface area contributed by atoms with E-state index in [9.17, 15) is 9.59 Å². The van der Waals surface area contributed by atoms with Gasteiger partial charge in [0.25, 0.3) is 11.8 Å². The Morgan fingerprint density at radius 1 is 0.853 bits per heavy atom. The first-order valence-electron chi connectivity index (χ1n) is 10.3. The van der Waals surface area contributed by atoms with E-state index in [4.69, 9.17) is 44.3 Å². The van der Waals surface area contributed by atoms with Crippen molar-refractivity contribution in [2.45, 2.75) is 6.42 Å². The monoisotopic (exact) mass is 516 g/mol. The van der Waals surface area contributed by atoms with E-state index in [1.807, 2.05) is 6.07 Å². The Bertz CT molecular complexity index is 1230. The Labute approximate surface area is 211 Å². The summed E-state index contributed by atoms with van der Waals surface area (Å²) in [5.74, 6) is -0.00113. The molecule has 1 heterocycles. The number of hydrogen-bond acceptors (Lipinski definition) is 4. The quantitative estimate of drug-likeness (QED) is 0.228. The van der Waals surface area contributed by atoms with E-state index in [1.165, 1.54) is 17.2 Å². The van der Waals surface area contributed by atoms with E-state index in [1.54, 1.807) is 54.6 Å². The molecule has 3 aromatic carbocycles. The van der Waals surface area contributed by atoms with Crippen LogP contribution < -0.4 is 19.9 Å². The molecular formula is C25H19Cl3N2O4. The zero-order chi connectivity index (χ0) is 24.1. The van der Waals surface area contributed by atoms with Crippen LogP contribution in [0.4, 0.5) is 5.69 Å². The molecule has 1 aliphatic heterocycles. The number of ether oxygens (including phenoxy) is 2. The molecule has 6 nitrogen and oxygen atoms in total. The van der Waals surface area contributed by atoms with Crippen molar-refractivity contribution < 1.29 is 19.1 Å². The van der Waals surface area contributed by atoms with Crippen LogP contribution in [0.1, 0.15) is 12.0 Å². The van der Waals surface area contributed by atoms with Gasteiger partial charge < -0.3 is 9.47 Å². The number of carbonyl (C=O) groups excluding carboxylic acids is 2. The molecule has 0 bridgehead atoms. The normalized spacial score (nSPS) is 14.4. The van der Waals surface area contributed by atoms with Gasteiger partial charge in [0, 0.05) is 22.0 Å². The predicted octanol–water partition coefficient (Wildman–Crippen LogP) is 5.96. The Morgan fingerprint density at radius 3 is 2.29 bits per heavy atom. The molecule has 0 radical (unpaired) electrons. The van der Waals surface area contributed by atoms with Crippen molar-refractivity contribution in [2.75, 3.05) is 18.2 Å². The fraction of sp³-hybridized carbons (Fsp3) is 0.120. The van der Waals surface area contributed by atoms with E-state index in [-0.39, 0.29) is 10.6 Å². The minimum Gasteiger partial charge on any atom is -0.493 e. The standard InChI is InChI=1S/C25H19Cl3N2O4/c26-17-7-9-20(10-8-17)33-11-4-12-34-23-16(13-18(27)15-22(23)28)14-21-24(31)29-30(25(21)32)19-5-2-1-3-6-19/h1-3,5-10,13-15H,4,11-12H2,(H,29,31).